The number of aromatic nitrogens is 4. The van der Waals surface area contributed by atoms with Crippen LogP contribution in [0.15, 0.2) is 18.5 Å². The zero-order valence-corrected chi connectivity index (χ0v) is 10.7. The predicted molar refractivity (Wildman–Crippen MR) is 70.4 cm³/mol. The molecule has 0 aliphatic heterocycles. The molecule has 7 heteroatoms. The first-order valence-corrected chi connectivity index (χ1v) is 5.69. The van der Waals surface area contributed by atoms with Crippen molar-refractivity contribution in [3.63, 3.8) is 0 Å². The van der Waals surface area contributed by atoms with Crippen molar-refractivity contribution in [2.75, 3.05) is 10.7 Å². The maximum absolute atomic E-state index is 5.40. The highest BCUT2D eigenvalue weighted by molar-refractivity contribution is 5.57. The van der Waals surface area contributed by atoms with E-state index >= 15 is 0 Å². The van der Waals surface area contributed by atoms with Gasteiger partial charge in [0.25, 0.3) is 0 Å². The van der Waals surface area contributed by atoms with Crippen LogP contribution in [0.1, 0.15) is 25.6 Å². The molecule has 0 aliphatic carbocycles. The molecule has 18 heavy (non-hydrogen) atoms. The summed E-state index contributed by atoms with van der Waals surface area (Å²) in [5, 5.41) is 7.25. The fraction of sp³-hybridized carbons (Fsp3) is 0.364. The number of hydrazine groups is 1. The Kier molecular flexibility index (Phi) is 3.42. The summed E-state index contributed by atoms with van der Waals surface area (Å²) in [6.45, 7) is 4.06. The summed E-state index contributed by atoms with van der Waals surface area (Å²) >= 11 is 0. The van der Waals surface area contributed by atoms with E-state index in [9.17, 15) is 0 Å². The Bertz CT molecular complexity index is 532. The first kappa shape index (κ1) is 12.3. The lowest BCUT2D eigenvalue weighted by molar-refractivity contribution is 0.768. The average molecular weight is 247 g/mol. The van der Waals surface area contributed by atoms with Gasteiger partial charge in [-0.15, -0.1) is 0 Å². The van der Waals surface area contributed by atoms with Crippen molar-refractivity contribution in [2.24, 2.45) is 12.9 Å². The number of hydrogen-bond donors (Lipinski definition) is 3. The molecule has 4 N–H and O–H groups in total. The highest BCUT2D eigenvalue weighted by atomic mass is 15.3. The molecular weight excluding hydrogens is 230 g/mol. The van der Waals surface area contributed by atoms with Crippen LogP contribution in [0.25, 0.3) is 0 Å². The van der Waals surface area contributed by atoms with Crippen LogP contribution in [0.3, 0.4) is 0 Å². The van der Waals surface area contributed by atoms with Crippen molar-refractivity contribution in [1.82, 2.24) is 19.7 Å². The zero-order valence-electron chi connectivity index (χ0n) is 10.7. The third kappa shape index (κ3) is 2.75. The van der Waals surface area contributed by atoms with Crippen LogP contribution < -0.4 is 16.6 Å². The van der Waals surface area contributed by atoms with E-state index in [1.54, 1.807) is 16.9 Å². The molecule has 0 atom stereocenters. The van der Waals surface area contributed by atoms with Crippen LogP contribution in [-0.4, -0.2) is 19.7 Å². The van der Waals surface area contributed by atoms with Crippen LogP contribution >= 0.6 is 0 Å². The maximum atomic E-state index is 5.40. The van der Waals surface area contributed by atoms with Gasteiger partial charge in [0.2, 0.25) is 0 Å². The lowest BCUT2D eigenvalue weighted by atomic mass is 10.2. The van der Waals surface area contributed by atoms with Gasteiger partial charge in [-0.1, -0.05) is 13.8 Å². The van der Waals surface area contributed by atoms with Crippen LogP contribution in [0.4, 0.5) is 17.3 Å². The summed E-state index contributed by atoms with van der Waals surface area (Å²) in [5.74, 6) is 7.64. The SMILES string of the molecule is CC(C)c1nc(NN)cc(Nc2cnn(C)c2)n1. The van der Waals surface area contributed by atoms with Crippen molar-refractivity contribution >= 4 is 17.3 Å². The van der Waals surface area contributed by atoms with Gasteiger partial charge in [-0.05, 0) is 0 Å². The van der Waals surface area contributed by atoms with Gasteiger partial charge in [-0.3, -0.25) is 4.68 Å². The van der Waals surface area contributed by atoms with Gasteiger partial charge >= 0.3 is 0 Å². The van der Waals surface area contributed by atoms with E-state index in [-0.39, 0.29) is 5.92 Å². The lowest BCUT2D eigenvalue weighted by Gasteiger charge is -2.10. The number of nitrogens with two attached hydrogens (primary N) is 1. The standard InChI is InChI=1S/C11H17N7/c1-7(2)11-15-9(4-10(16-11)17-12)14-8-5-13-18(3)6-8/h4-7H,12H2,1-3H3,(H2,14,15,16,17). The molecule has 7 nitrogen and oxygen atoms in total. The minimum absolute atomic E-state index is 0.229. The quantitative estimate of drug-likeness (QED) is 0.558. The second-order valence-corrected chi connectivity index (χ2v) is 4.32. The first-order chi connectivity index (χ1) is 8.58. The summed E-state index contributed by atoms with van der Waals surface area (Å²) in [4.78, 5) is 8.72. The number of nitrogen functional groups attached to an aromatic ring is 1. The number of nitrogens with one attached hydrogen (secondary N) is 2. The van der Waals surface area contributed by atoms with E-state index in [0.29, 0.717) is 11.6 Å². The Morgan fingerprint density at radius 1 is 1.28 bits per heavy atom. The van der Waals surface area contributed by atoms with Crippen LogP contribution in [0, 0.1) is 0 Å². The summed E-state index contributed by atoms with van der Waals surface area (Å²) in [6, 6.07) is 1.75. The topological polar surface area (TPSA) is 93.7 Å². The van der Waals surface area contributed by atoms with Gasteiger partial charge in [0.05, 0.1) is 11.9 Å². The smallest absolute Gasteiger partial charge is 0.145 e. The fourth-order valence-electron chi connectivity index (χ4n) is 1.50. The minimum atomic E-state index is 0.229. The predicted octanol–water partition coefficient (Wildman–Crippen LogP) is 1.36. The summed E-state index contributed by atoms with van der Waals surface area (Å²) in [7, 11) is 1.86. The second-order valence-electron chi connectivity index (χ2n) is 4.32. The average Bonchev–Trinajstić information content (AvgIpc) is 2.74. The molecule has 0 aromatic carbocycles. The van der Waals surface area contributed by atoms with Gasteiger partial charge < -0.3 is 10.7 Å². The molecule has 2 heterocycles. The monoisotopic (exact) mass is 247 g/mol. The van der Waals surface area contributed by atoms with Gasteiger partial charge in [0.1, 0.15) is 17.5 Å². The highest BCUT2D eigenvalue weighted by Crippen LogP contribution is 2.19. The van der Waals surface area contributed by atoms with Gasteiger partial charge in [0, 0.05) is 25.2 Å². The molecule has 0 fully saturated rings. The van der Waals surface area contributed by atoms with Crippen LogP contribution in [0.2, 0.25) is 0 Å². The van der Waals surface area contributed by atoms with Crippen molar-refractivity contribution < 1.29 is 0 Å². The molecule has 2 aromatic heterocycles. The summed E-state index contributed by atoms with van der Waals surface area (Å²) < 4.78 is 1.72. The molecule has 0 radical (unpaired) electrons. The molecule has 0 amide bonds. The number of rotatable bonds is 4. The largest absolute Gasteiger partial charge is 0.337 e. The molecule has 0 spiro atoms. The van der Waals surface area contributed by atoms with E-state index in [1.807, 2.05) is 27.1 Å². The Hall–Kier alpha value is -2.15. The minimum Gasteiger partial charge on any atom is -0.337 e. The molecule has 2 rings (SSSR count). The van der Waals surface area contributed by atoms with E-state index in [2.05, 4.69) is 25.8 Å². The van der Waals surface area contributed by atoms with Crippen molar-refractivity contribution in [1.29, 1.82) is 0 Å². The zero-order chi connectivity index (χ0) is 13.1. The summed E-state index contributed by atoms with van der Waals surface area (Å²) in [5.41, 5.74) is 3.41. The second kappa shape index (κ2) is 5.01. The normalized spacial score (nSPS) is 10.7. The number of aryl methyl sites for hydroxylation is 1. The van der Waals surface area contributed by atoms with Gasteiger partial charge in [-0.25, -0.2) is 15.8 Å². The Labute approximate surface area is 105 Å². The van der Waals surface area contributed by atoms with Crippen molar-refractivity contribution in [2.45, 2.75) is 19.8 Å². The van der Waals surface area contributed by atoms with Gasteiger partial charge in [-0.2, -0.15) is 5.10 Å². The van der Waals surface area contributed by atoms with Crippen molar-refractivity contribution in [3.8, 4) is 0 Å². The van der Waals surface area contributed by atoms with Crippen LogP contribution in [0.5, 0.6) is 0 Å². The lowest BCUT2D eigenvalue weighted by Crippen LogP contribution is -2.12. The first-order valence-electron chi connectivity index (χ1n) is 5.69. The number of anilines is 3. The van der Waals surface area contributed by atoms with E-state index in [4.69, 9.17) is 5.84 Å². The maximum Gasteiger partial charge on any atom is 0.145 e. The van der Waals surface area contributed by atoms with Crippen molar-refractivity contribution in [3.05, 3.63) is 24.3 Å². The van der Waals surface area contributed by atoms with Gasteiger partial charge in [0.15, 0.2) is 0 Å². The third-order valence-corrected chi connectivity index (χ3v) is 2.39. The van der Waals surface area contributed by atoms with E-state index < -0.39 is 0 Å². The Morgan fingerprint density at radius 3 is 2.56 bits per heavy atom. The Balaban J connectivity index is 2.29. The van der Waals surface area contributed by atoms with Crippen LogP contribution in [-0.2, 0) is 7.05 Å². The molecule has 96 valence electrons. The third-order valence-electron chi connectivity index (χ3n) is 2.39. The summed E-state index contributed by atoms with van der Waals surface area (Å²) in [6.07, 6.45) is 3.60. The highest BCUT2D eigenvalue weighted by Gasteiger charge is 2.08. The molecule has 0 saturated heterocycles. The molecule has 0 bridgehead atoms. The van der Waals surface area contributed by atoms with E-state index in [0.717, 1.165) is 11.5 Å². The number of hydrogen-bond acceptors (Lipinski definition) is 6. The molecule has 0 aliphatic rings. The molecular formula is C11H17N7. The number of nitrogens with zero attached hydrogens (tertiary/aromatic N) is 4. The Morgan fingerprint density at radius 2 is 2.00 bits per heavy atom. The van der Waals surface area contributed by atoms with E-state index in [1.165, 1.54) is 0 Å². The molecule has 2 aromatic rings. The fourth-order valence-corrected chi connectivity index (χ4v) is 1.50. The molecule has 0 saturated carbocycles. The molecule has 0 unspecified atom stereocenters.